The quantitative estimate of drug-likeness (QED) is 0.342. The van der Waals surface area contributed by atoms with Crippen LogP contribution < -0.4 is 10.6 Å². The summed E-state index contributed by atoms with van der Waals surface area (Å²) in [4.78, 5) is 23.4. The summed E-state index contributed by atoms with van der Waals surface area (Å²) in [6, 6.07) is 18.3. The molecule has 9 heteroatoms. The van der Waals surface area contributed by atoms with Crippen LogP contribution in [0.4, 0.5) is 10.3 Å². The molecule has 7 nitrogen and oxygen atoms in total. The van der Waals surface area contributed by atoms with E-state index in [2.05, 4.69) is 31.2 Å². The number of carbonyl (C=O) groups is 1. The Balaban J connectivity index is 1.16. The second-order valence-corrected chi connectivity index (χ2v) is 9.41. The van der Waals surface area contributed by atoms with E-state index in [1.807, 2.05) is 30.3 Å². The van der Waals surface area contributed by atoms with E-state index in [-0.39, 0.29) is 11.7 Å². The molecule has 1 aliphatic rings. The molecule has 0 atom stereocenters. The predicted molar refractivity (Wildman–Crippen MR) is 140 cm³/mol. The number of halogens is 2. The van der Waals surface area contributed by atoms with Gasteiger partial charge in [-0.15, -0.1) is 0 Å². The minimum absolute atomic E-state index is 0.143. The summed E-state index contributed by atoms with van der Waals surface area (Å²) in [5.74, 6) is 0.458. The van der Waals surface area contributed by atoms with Crippen LogP contribution in [0.25, 0.3) is 11.0 Å². The normalized spacial score (nSPS) is 14.7. The van der Waals surface area contributed by atoms with Crippen LogP contribution >= 0.6 is 11.6 Å². The first kappa shape index (κ1) is 24.2. The Labute approximate surface area is 214 Å². The van der Waals surface area contributed by atoms with Gasteiger partial charge >= 0.3 is 0 Å². The van der Waals surface area contributed by atoms with Crippen LogP contribution in [0, 0.1) is 5.82 Å². The number of amides is 1. The first-order chi connectivity index (χ1) is 17.5. The molecule has 4 aromatic rings. The Bertz CT molecular complexity index is 1320. The first-order valence-corrected chi connectivity index (χ1v) is 12.5. The summed E-state index contributed by atoms with van der Waals surface area (Å²) in [6.07, 6.45) is 3.45. The number of nitrogens with zero attached hydrogens (tertiary/aromatic N) is 4. The van der Waals surface area contributed by atoms with Crippen LogP contribution in [-0.2, 0) is 6.54 Å². The summed E-state index contributed by atoms with van der Waals surface area (Å²) in [5, 5.41) is 6.97. The van der Waals surface area contributed by atoms with E-state index in [4.69, 9.17) is 16.6 Å². The number of aromatic nitrogens is 3. The lowest BCUT2D eigenvalue weighted by molar-refractivity contribution is 0.0945. The van der Waals surface area contributed by atoms with E-state index in [0.29, 0.717) is 29.8 Å². The van der Waals surface area contributed by atoms with Gasteiger partial charge in [0.2, 0.25) is 5.95 Å². The maximum atomic E-state index is 13.4. The molecule has 2 N–H and O–H groups in total. The lowest BCUT2D eigenvalue weighted by Crippen LogP contribution is -2.43. The van der Waals surface area contributed by atoms with Crippen molar-refractivity contribution >= 4 is 34.5 Å². The largest absolute Gasteiger partial charge is 0.353 e. The zero-order valence-electron chi connectivity index (χ0n) is 19.8. The molecule has 0 aliphatic carbocycles. The molecule has 0 bridgehead atoms. The van der Waals surface area contributed by atoms with Gasteiger partial charge in [0.15, 0.2) is 0 Å². The number of piperidine rings is 1. The maximum Gasteiger partial charge on any atom is 0.252 e. The van der Waals surface area contributed by atoms with Crippen molar-refractivity contribution in [2.24, 2.45) is 0 Å². The molecule has 1 amide bonds. The lowest BCUT2D eigenvalue weighted by Gasteiger charge is -2.32. The number of pyridine rings is 1. The first-order valence-electron chi connectivity index (χ1n) is 12.1. The molecule has 0 unspecified atom stereocenters. The molecule has 1 fully saturated rings. The number of benzene rings is 2. The van der Waals surface area contributed by atoms with Crippen molar-refractivity contribution in [3.63, 3.8) is 0 Å². The van der Waals surface area contributed by atoms with E-state index in [1.165, 1.54) is 18.3 Å². The van der Waals surface area contributed by atoms with Crippen LogP contribution in [0.5, 0.6) is 0 Å². The van der Waals surface area contributed by atoms with Crippen LogP contribution in [0.15, 0.2) is 66.9 Å². The second-order valence-electron chi connectivity index (χ2n) is 9.02. The summed E-state index contributed by atoms with van der Waals surface area (Å²) < 4.78 is 15.5. The number of carbonyl (C=O) groups excluding carboxylic acids is 1. The highest BCUT2D eigenvalue weighted by Gasteiger charge is 2.21. The molecule has 0 saturated carbocycles. The number of likely N-dealkylation sites (tertiary alicyclic amines) is 1. The van der Waals surface area contributed by atoms with Crippen LogP contribution in [0.2, 0.25) is 5.15 Å². The minimum Gasteiger partial charge on any atom is -0.353 e. The minimum atomic E-state index is -0.235. The Kier molecular flexibility index (Phi) is 7.44. The van der Waals surface area contributed by atoms with Gasteiger partial charge < -0.3 is 20.1 Å². The van der Waals surface area contributed by atoms with Crippen molar-refractivity contribution in [1.82, 2.24) is 24.8 Å². The van der Waals surface area contributed by atoms with Crippen LogP contribution in [0.1, 0.15) is 28.8 Å². The van der Waals surface area contributed by atoms with Gasteiger partial charge in [-0.2, -0.15) is 0 Å². The van der Waals surface area contributed by atoms with Crippen LogP contribution in [0.3, 0.4) is 0 Å². The molecule has 2 aromatic carbocycles. The maximum absolute atomic E-state index is 13.4. The fourth-order valence-electron chi connectivity index (χ4n) is 4.54. The summed E-state index contributed by atoms with van der Waals surface area (Å²) in [5.41, 5.74) is 3.51. The smallest absolute Gasteiger partial charge is 0.252 e. The number of fused-ring (bicyclic) bond motifs is 1. The van der Waals surface area contributed by atoms with Crippen molar-refractivity contribution in [1.29, 1.82) is 0 Å². The molecule has 1 saturated heterocycles. The highest BCUT2D eigenvalue weighted by molar-refractivity contribution is 6.29. The van der Waals surface area contributed by atoms with Gasteiger partial charge in [0.05, 0.1) is 23.1 Å². The number of anilines is 1. The summed E-state index contributed by atoms with van der Waals surface area (Å²) in [6.45, 7) is 3.86. The molecule has 0 radical (unpaired) electrons. The van der Waals surface area contributed by atoms with E-state index in [9.17, 15) is 9.18 Å². The SMILES string of the molecule is O=C(NCCN1CCC(Nc2nc3ccccc3n2Cc2ccc(F)cc2)CC1)c1ccc(Cl)nc1. The average Bonchev–Trinajstić information content (AvgIpc) is 3.23. The fraction of sp³-hybridized carbons (Fsp3) is 0.296. The van der Waals surface area contributed by atoms with Gasteiger partial charge in [-0.3, -0.25) is 4.79 Å². The third kappa shape index (κ3) is 5.83. The Morgan fingerprint density at radius 2 is 1.83 bits per heavy atom. The standard InChI is InChI=1S/C27H28ClFN6O/c28-25-10-7-20(17-31-25)26(36)30-13-16-34-14-11-22(12-15-34)32-27-33-23-3-1-2-4-24(23)35(27)18-19-5-8-21(29)9-6-19/h1-10,17,22H,11-16,18H2,(H,30,36)(H,32,33). The van der Waals surface area contributed by atoms with Gasteiger partial charge in [-0.1, -0.05) is 35.9 Å². The number of rotatable bonds is 8. The van der Waals surface area contributed by atoms with Crippen LogP contribution in [-0.4, -0.2) is 57.6 Å². The van der Waals surface area contributed by atoms with E-state index in [0.717, 1.165) is 55.0 Å². The predicted octanol–water partition coefficient (Wildman–Crippen LogP) is 4.58. The van der Waals surface area contributed by atoms with Crippen molar-refractivity contribution in [2.75, 3.05) is 31.5 Å². The Morgan fingerprint density at radius 1 is 1.06 bits per heavy atom. The topological polar surface area (TPSA) is 75.1 Å². The third-order valence-corrected chi connectivity index (χ3v) is 6.76. The highest BCUT2D eigenvalue weighted by atomic mass is 35.5. The van der Waals surface area contributed by atoms with Gasteiger partial charge in [0.1, 0.15) is 11.0 Å². The molecule has 3 heterocycles. The number of imidazole rings is 1. The number of hydrogen-bond donors (Lipinski definition) is 2. The highest BCUT2D eigenvalue weighted by Crippen LogP contribution is 2.24. The zero-order valence-corrected chi connectivity index (χ0v) is 20.6. The second kappa shape index (κ2) is 11.1. The van der Waals surface area contributed by atoms with Crippen molar-refractivity contribution in [3.8, 4) is 0 Å². The Hall–Kier alpha value is -3.49. The van der Waals surface area contributed by atoms with Gasteiger partial charge in [0, 0.05) is 38.4 Å². The monoisotopic (exact) mass is 506 g/mol. The molecular weight excluding hydrogens is 479 g/mol. The lowest BCUT2D eigenvalue weighted by atomic mass is 10.1. The summed E-state index contributed by atoms with van der Waals surface area (Å²) in [7, 11) is 0. The zero-order chi connectivity index (χ0) is 24.9. The van der Waals surface area contributed by atoms with Crippen molar-refractivity contribution < 1.29 is 9.18 Å². The van der Waals surface area contributed by atoms with Crippen molar-refractivity contribution in [2.45, 2.75) is 25.4 Å². The molecule has 5 rings (SSSR count). The number of nitrogens with one attached hydrogen (secondary N) is 2. The molecular formula is C27H28ClFN6O. The van der Waals surface area contributed by atoms with Crippen molar-refractivity contribution in [3.05, 3.63) is 89.0 Å². The fourth-order valence-corrected chi connectivity index (χ4v) is 4.65. The molecule has 186 valence electrons. The van der Waals surface area contributed by atoms with Gasteiger partial charge in [0.25, 0.3) is 5.91 Å². The van der Waals surface area contributed by atoms with E-state index < -0.39 is 0 Å². The third-order valence-electron chi connectivity index (χ3n) is 6.53. The number of para-hydroxylation sites is 2. The molecule has 0 spiro atoms. The molecule has 2 aromatic heterocycles. The molecule has 1 aliphatic heterocycles. The number of hydrogen-bond acceptors (Lipinski definition) is 5. The van der Waals surface area contributed by atoms with Gasteiger partial charge in [-0.25, -0.2) is 14.4 Å². The molecule has 36 heavy (non-hydrogen) atoms. The average molecular weight is 507 g/mol. The van der Waals surface area contributed by atoms with Gasteiger partial charge in [-0.05, 0) is 54.8 Å². The van der Waals surface area contributed by atoms with E-state index >= 15 is 0 Å². The van der Waals surface area contributed by atoms with E-state index in [1.54, 1.807) is 12.1 Å². The Morgan fingerprint density at radius 3 is 2.58 bits per heavy atom. The summed E-state index contributed by atoms with van der Waals surface area (Å²) >= 11 is 5.78.